The van der Waals surface area contributed by atoms with Crippen LogP contribution in [0.4, 0.5) is 0 Å². The molecule has 5 nitrogen and oxygen atoms in total. The van der Waals surface area contributed by atoms with E-state index in [2.05, 4.69) is 15.3 Å². The molecule has 0 unspecified atom stereocenters. The second-order valence-electron chi connectivity index (χ2n) is 5.52. The van der Waals surface area contributed by atoms with E-state index in [0.717, 1.165) is 11.0 Å². The van der Waals surface area contributed by atoms with Gasteiger partial charge in [-0.15, -0.1) is 0 Å². The molecule has 2 rings (SSSR count). The molecule has 108 valence electrons. The number of benzene rings is 1. The van der Waals surface area contributed by atoms with Crippen LogP contribution in [-0.4, -0.2) is 37.1 Å². The number of amides is 1. The van der Waals surface area contributed by atoms with Gasteiger partial charge in [-0.1, -0.05) is 12.1 Å². The zero-order valence-electron chi connectivity index (χ0n) is 11.9. The lowest BCUT2D eigenvalue weighted by atomic mass is 10.3. The Morgan fingerprint density at radius 2 is 2.05 bits per heavy atom. The molecule has 20 heavy (non-hydrogen) atoms. The Bertz CT molecular complexity index is 610. The molecule has 1 heterocycles. The zero-order valence-corrected chi connectivity index (χ0v) is 12.7. The van der Waals surface area contributed by atoms with Gasteiger partial charge in [-0.2, -0.15) is 0 Å². The highest BCUT2D eigenvalue weighted by molar-refractivity contribution is 7.86. The molecule has 0 radical (unpaired) electrons. The molecule has 0 saturated carbocycles. The molecular formula is C14H19N3O2S. The summed E-state index contributed by atoms with van der Waals surface area (Å²) in [7, 11) is -0.970. The van der Waals surface area contributed by atoms with E-state index in [9.17, 15) is 9.00 Å². The Kier molecular flexibility index (Phi) is 4.23. The number of imidazole rings is 1. The Morgan fingerprint density at radius 3 is 2.70 bits per heavy atom. The molecule has 1 aromatic heterocycles. The molecule has 6 heteroatoms. The number of nitrogens with zero attached hydrogens (tertiary/aromatic N) is 1. The third kappa shape index (κ3) is 3.45. The van der Waals surface area contributed by atoms with Crippen LogP contribution in [0.1, 0.15) is 31.4 Å². The van der Waals surface area contributed by atoms with Gasteiger partial charge < -0.3 is 10.3 Å². The second kappa shape index (κ2) is 5.75. The number of H-pyrrole nitrogens is 1. The van der Waals surface area contributed by atoms with Crippen molar-refractivity contribution in [2.45, 2.75) is 25.5 Å². The van der Waals surface area contributed by atoms with Crippen molar-refractivity contribution < 1.29 is 9.00 Å². The van der Waals surface area contributed by atoms with E-state index >= 15 is 0 Å². The van der Waals surface area contributed by atoms with Gasteiger partial charge in [0.05, 0.1) is 11.0 Å². The number of hydrogen-bond acceptors (Lipinski definition) is 3. The third-order valence-electron chi connectivity index (χ3n) is 2.86. The molecular weight excluding hydrogens is 274 g/mol. The molecule has 1 amide bonds. The number of rotatable bonds is 4. The summed E-state index contributed by atoms with van der Waals surface area (Å²) in [5.74, 6) is 0.454. The maximum atomic E-state index is 11.9. The van der Waals surface area contributed by atoms with Crippen molar-refractivity contribution in [1.82, 2.24) is 15.3 Å². The van der Waals surface area contributed by atoms with Gasteiger partial charge in [0.25, 0.3) is 5.91 Å². The van der Waals surface area contributed by atoms with Gasteiger partial charge in [-0.05, 0) is 32.9 Å². The summed E-state index contributed by atoms with van der Waals surface area (Å²) in [4.78, 5) is 19.1. The smallest absolute Gasteiger partial charge is 0.287 e. The lowest BCUT2D eigenvalue weighted by Crippen LogP contribution is -2.33. The summed E-state index contributed by atoms with van der Waals surface area (Å²) in [6, 6.07) is 7.47. The average Bonchev–Trinajstić information content (AvgIpc) is 2.81. The molecule has 1 atom stereocenters. The Balaban J connectivity index is 1.94. The number of aromatic amines is 1. The van der Waals surface area contributed by atoms with E-state index in [0.29, 0.717) is 12.3 Å². The van der Waals surface area contributed by atoms with Crippen LogP contribution in [0, 0.1) is 0 Å². The maximum absolute atomic E-state index is 11.9. The van der Waals surface area contributed by atoms with Crippen LogP contribution in [0.3, 0.4) is 0 Å². The van der Waals surface area contributed by atoms with Crippen LogP contribution in [0.2, 0.25) is 0 Å². The van der Waals surface area contributed by atoms with Crippen molar-refractivity contribution in [3.05, 3.63) is 30.1 Å². The van der Waals surface area contributed by atoms with Gasteiger partial charge in [0, 0.05) is 27.8 Å². The predicted molar refractivity (Wildman–Crippen MR) is 81.2 cm³/mol. The monoisotopic (exact) mass is 293 g/mol. The Labute approximate surface area is 120 Å². The first-order valence-electron chi connectivity index (χ1n) is 6.49. The van der Waals surface area contributed by atoms with E-state index in [1.165, 1.54) is 0 Å². The fraction of sp³-hybridized carbons (Fsp3) is 0.429. The van der Waals surface area contributed by atoms with Gasteiger partial charge in [0.15, 0.2) is 5.82 Å². The summed E-state index contributed by atoms with van der Waals surface area (Å²) in [5.41, 5.74) is 1.59. The van der Waals surface area contributed by atoms with Crippen molar-refractivity contribution in [2.24, 2.45) is 0 Å². The first kappa shape index (κ1) is 14.7. The lowest BCUT2D eigenvalue weighted by molar-refractivity contribution is 0.0947. The van der Waals surface area contributed by atoms with Crippen LogP contribution in [0.15, 0.2) is 24.3 Å². The second-order valence-corrected chi connectivity index (χ2v) is 7.84. The summed E-state index contributed by atoms with van der Waals surface area (Å²) >= 11 is 0. The van der Waals surface area contributed by atoms with Crippen molar-refractivity contribution >= 4 is 27.7 Å². The van der Waals surface area contributed by atoms with Crippen LogP contribution < -0.4 is 5.32 Å². The molecule has 2 N–H and O–H groups in total. The number of aromatic nitrogens is 2. The molecule has 2 aromatic rings. The van der Waals surface area contributed by atoms with Crippen LogP contribution in [0.5, 0.6) is 0 Å². The maximum Gasteiger partial charge on any atom is 0.287 e. The molecule has 1 aromatic carbocycles. The third-order valence-corrected chi connectivity index (χ3v) is 4.80. The highest BCUT2D eigenvalue weighted by Gasteiger charge is 2.19. The SMILES string of the molecule is CC(C)(C)[S@](=O)CCNC(=O)c1nc2ccccc2[nH]1. The minimum Gasteiger partial charge on any atom is -0.348 e. The van der Waals surface area contributed by atoms with Gasteiger partial charge >= 0.3 is 0 Å². The quantitative estimate of drug-likeness (QED) is 0.903. The van der Waals surface area contributed by atoms with Gasteiger partial charge in [-0.25, -0.2) is 4.98 Å². The number of carbonyl (C=O) groups is 1. The lowest BCUT2D eigenvalue weighted by Gasteiger charge is -2.17. The van der Waals surface area contributed by atoms with Crippen LogP contribution >= 0.6 is 0 Å². The molecule has 0 spiro atoms. The van der Waals surface area contributed by atoms with Crippen LogP contribution in [0.25, 0.3) is 11.0 Å². The molecule has 0 aliphatic carbocycles. The number of hydrogen-bond donors (Lipinski definition) is 2. The van der Waals surface area contributed by atoms with E-state index in [1.54, 1.807) is 0 Å². The highest BCUT2D eigenvalue weighted by atomic mass is 32.2. The van der Waals surface area contributed by atoms with Crippen molar-refractivity contribution in [3.63, 3.8) is 0 Å². The van der Waals surface area contributed by atoms with E-state index in [-0.39, 0.29) is 16.5 Å². The molecule has 0 fully saturated rings. The standard InChI is InChI=1S/C14H19N3O2S/c1-14(2,3)20(19)9-8-15-13(18)12-16-10-6-4-5-7-11(10)17-12/h4-7H,8-9H2,1-3H3,(H,15,18)(H,16,17)/t20-/m1/s1. The minimum absolute atomic E-state index is 0.260. The first-order valence-corrected chi connectivity index (χ1v) is 7.81. The van der Waals surface area contributed by atoms with Gasteiger partial charge in [-0.3, -0.25) is 9.00 Å². The Morgan fingerprint density at radius 1 is 1.35 bits per heavy atom. The van der Waals surface area contributed by atoms with Crippen LogP contribution in [-0.2, 0) is 10.8 Å². The first-order chi connectivity index (χ1) is 9.38. The van der Waals surface area contributed by atoms with E-state index in [1.807, 2.05) is 45.0 Å². The molecule has 0 aliphatic rings. The number of para-hydroxylation sites is 2. The van der Waals surface area contributed by atoms with Crippen molar-refractivity contribution in [2.75, 3.05) is 12.3 Å². The number of nitrogens with one attached hydrogen (secondary N) is 2. The van der Waals surface area contributed by atoms with Crippen molar-refractivity contribution in [3.8, 4) is 0 Å². The summed E-state index contributed by atoms with van der Waals surface area (Å²) in [6.07, 6.45) is 0. The van der Waals surface area contributed by atoms with E-state index < -0.39 is 10.8 Å². The van der Waals surface area contributed by atoms with Gasteiger partial charge in [0.1, 0.15) is 0 Å². The fourth-order valence-electron chi connectivity index (χ4n) is 1.71. The largest absolute Gasteiger partial charge is 0.348 e. The summed E-state index contributed by atoms with van der Waals surface area (Å²) in [6.45, 7) is 6.14. The summed E-state index contributed by atoms with van der Waals surface area (Å²) in [5, 5.41) is 2.74. The zero-order chi connectivity index (χ0) is 14.8. The van der Waals surface area contributed by atoms with Crippen molar-refractivity contribution in [1.29, 1.82) is 0 Å². The number of carbonyl (C=O) groups excluding carboxylic acids is 1. The topological polar surface area (TPSA) is 74.8 Å². The highest BCUT2D eigenvalue weighted by Crippen LogP contribution is 2.11. The number of fused-ring (bicyclic) bond motifs is 1. The average molecular weight is 293 g/mol. The normalized spacial score (nSPS) is 13.3. The van der Waals surface area contributed by atoms with E-state index in [4.69, 9.17) is 0 Å². The molecule has 0 saturated heterocycles. The molecule has 0 aliphatic heterocycles. The summed E-state index contributed by atoms with van der Waals surface area (Å²) < 4.78 is 11.6. The van der Waals surface area contributed by atoms with Gasteiger partial charge in [0.2, 0.25) is 0 Å². The fourth-order valence-corrected chi connectivity index (χ4v) is 2.61. The Hall–Kier alpha value is -1.69. The predicted octanol–water partition coefficient (Wildman–Crippen LogP) is 1.84. The molecule has 0 bridgehead atoms. The minimum atomic E-state index is -0.970.